The molecule has 0 fully saturated rings. The van der Waals surface area contributed by atoms with Gasteiger partial charge in [-0.2, -0.15) is 0 Å². The highest BCUT2D eigenvalue weighted by atomic mass is 16.5. The average Bonchev–Trinajstić information content (AvgIpc) is 2.29. The molecule has 1 aromatic rings. The molecule has 0 saturated heterocycles. The third kappa shape index (κ3) is 3.26. The molecule has 0 aliphatic carbocycles. The van der Waals surface area contributed by atoms with Crippen LogP contribution in [0.1, 0.15) is 37.0 Å². The smallest absolute Gasteiger partial charge is 0.342 e. The van der Waals surface area contributed by atoms with Crippen molar-refractivity contribution in [3.63, 3.8) is 0 Å². The number of methoxy groups -OCH3 is 1. The summed E-state index contributed by atoms with van der Waals surface area (Å²) < 4.78 is 10.4. The Labute approximate surface area is 96.4 Å². The molecule has 0 bridgehead atoms. The Bertz CT molecular complexity index is 347. The predicted octanol–water partition coefficient (Wildman–Crippen LogP) is 3.04. The first-order valence-electron chi connectivity index (χ1n) is 5.53. The standard InChI is InChI=1S/C13H18O3/c1-4-7-10(2)16-13(14)11-8-5-6-9-12(11)15-3/h5-6,8-10H,4,7H2,1-3H3. The van der Waals surface area contributed by atoms with Crippen molar-refractivity contribution in [3.05, 3.63) is 29.8 Å². The van der Waals surface area contributed by atoms with E-state index in [0.29, 0.717) is 11.3 Å². The summed E-state index contributed by atoms with van der Waals surface area (Å²) in [5.74, 6) is 0.231. The molecule has 3 heteroatoms. The Morgan fingerprint density at radius 2 is 2.06 bits per heavy atom. The van der Waals surface area contributed by atoms with E-state index < -0.39 is 0 Å². The number of hydrogen-bond donors (Lipinski definition) is 0. The Morgan fingerprint density at radius 1 is 1.38 bits per heavy atom. The van der Waals surface area contributed by atoms with E-state index in [-0.39, 0.29) is 12.1 Å². The number of hydrogen-bond acceptors (Lipinski definition) is 3. The third-order valence-electron chi connectivity index (χ3n) is 2.33. The molecule has 1 atom stereocenters. The summed E-state index contributed by atoms with van der Waals surface area (Å²) in [6.07, 6.45) is 1.82. The third-order valence-corrected chi connectivity index (χ3v) is 2.33. The van der Waals surface area contributed by atoms with Crippen molar-refractivity contribution >= 4 is 5.97 Å². The molecule has 0 aliphatic heterocycles. The zero-order chi connectivity index (χ0) is 12.0. The van der Waals surface area contributed by atoms with Gasteiger partial charge in [-0.15, -0.1) is 0 Å². The lowest BCUT2D eigenvalue weighted by molar-refractivity contribution is 0.0320. The van der Waals surface area contributed by atoms with Crippen molar-refractivity contribution < 1.29 is 14.3 Å². The van der Waals surface area contributed by atoms with Crippen LogP contribution in [0.15, 0.2) is 24.3 Å². The lowest BCUT2D eigenvalue weighted by atomic mass is 10.2. The van der Waals surface area contributed by atoms with Gasteiger partial charge in [-0.3, -0.25) is 0 Å². The number of para-hydroxylation sites is 1. The molecule has 0 aromatic heterocycles. The maximum atomic E-state index is 11.8. The van der Waals surface area contributed by atoms with Crippen LogP contribution in [0, 0.1) is 0 Å². The molecule has 0 spiro atoms. The summed E-state index contributed by atoms with van der Waals surface area (Å²) in [6, 6.07) is 7.08. The van der Waals surface area contributed by atoms with E-state index in [1.807, 2.05) is 13.0 Å². The normalized spacial score (nSPS) is 11.9. The zero-order valence-electron chi connectivity index (χ0n) is 10.0. The van der Waals surface area contributed by atoms with Crippen molar-refractivity contribution in [3.8, 4) is 5.75 Å². The van der Waals surface area contributed by atoms with Crippen LogP contribution in [0.5, 0.6) is 5.75 Å². The summed E-state index contributed by atoms with van der Waals surface area (Å²) in [5, 5.41) is 0. The van der Waals surface area contributed by atoms with E-state index in [9.17, 15) is 4.79 Å². The second-order valence-electron chi connectivity index (χ2n) is 3.70. The van der Waals surface area contributed by atoms with Crippen molar-refractivity contribution in [2.45, 2.75) is 32.8 Å². The van der Waals surface area contributed by atoms with Gasteiger partial charge in [-0.1, -0.05) is 25.5 Å². The number of benzene rings is 1. The zero-order valence-corrected chi connectivity index (χ0v) is 10.0. The number of carbonyl (C=O) groups is 1. The van der Waals surface area contributed by atoms with Crippen molar-refractivity contribution in [2.24, 2.45) is 0 Å². The second-order valence-corrected chi connectivity index (χ2v) is 3.70. The monoisotopic (exact) mass is 222 g/mol. The van der Waals surface area contributed by atoms with Gasteiger partial charge in [-0.25, -0.2) is 4.79 Å². The first-order chi connectivity index (χ1) is 7.69. The Morgan fingerprint density at radius 3 is 2.69 bits per heavy atom. The fourth-order valence-electron chi connectivity index (χ4n) is 1.52. The lowest BCUT2D eigenvalue weighted by Crippen LogP contribution is -2.15. The second kappa shape index (κ2) is 6.16. The van der Waals surface area contributed by atoms with E-state index in [1.165, 1.54) is 0 Å². The van der Waals surface area contributed by atoms with Crippen LogP contribution in [0.2, 0.25) is 0 Å². The number of ether oxygens (including phenoxy) is 2. The topological polar surface area (TPSA) is 35.5 Å². The molecule has 0 heterocycles. The average molecular weight is 222 g/mol. The molecule has 1 aromatic carbocycles. The molecule has 0 amide bonds. The molecule has 88 valence electrons. The van der Waals surface area contributed by atoms with Gasteiger partial charge in [0.05, 0.1) is 13.2 Å². The quantitative estimate of drug-likeness (QED) is 0.718. The molecule has 1 unspecified atom stereocenters. The van der Waals surface area contributed by atoms with Gasteiger partial charge < -0.3 is 9.47 Å². The Hall–Kier alpha value is -1.51. The van der Waals surface area contributed by atoms with Crippen LogP contribution in [0.4, 0.5) is 0 Å². The van der Waals surface area contributed by atoms with Crippen LogP contribution in [-0.2, 0) is 4.74 Å². The largest absolute Gasteiger partial charge is 0.496 e. The number of rotatable bonds is 5. The Balaban J connectivity index is 2.72. The molecule has 0 radical (unpaired) electrons. The summed E-state index contributed by atoms with van der Waals surface area (Å²) in [5.41, 5.74) is 0.480. The van der Waals surface area contributed by atoms with E-state index in [2.05, 4.69) is 6.92 Å². The SMILES string of the molecule is CCCC(C)OC(=O)c1ccccc1OC. The first-order valence-corrected chi connectivity index (χ1v) is 5.53. The van der Waals surface area contributed by atoms with Gasteiger partial charge in [-0.05, 0) is 25.5 Å². The van der Waals surface area contributed by atoms with E-state index in [4.69, 9.17) is 9.47 Å². The highest BCUT2D eigenvalue weighted by Crippen LogP contribution is 2.19. The van der Waals surface area contributed by atoms with Crippen LogP contribution < -0.4 is 4.74 Å². The molecule has 16 heavy (non-hydrogen) atoms. The van der Waals surface area contributed by atoms with Gasteiger partial charge >= 0.3 is 5.97 Å². The van der Waals surface area contributed by atoms with Crippen LogP contribution >= 0.6 is 0 Å². The van der Waals surface area contributed by atoms with Gasteiger partial charge in [0.2, 0.25) is 0 Å². The first kappa shape index (κ1) is 12.6. The fraction of sp³-hybridized carbons (Fsp3) is 0.462. The van der Waals surface area contributed by atoms with Gasteiger partial charge in [0.1, 0.15) is 11.3 Å². The van der Waals surface area contributed by atoms with E-state index in [1.54, 1.807) is 25.3 Å². The molecule has 1 rings (SSSR count). The molecule has 0 aliphatic rings. The maximum absolute atomic E-state index is 11.8. The molecular weight excluding hydrogens is 204 g/mol. The molecule has 0 N–H and O–H groups in total. The molecular formula is C13H18O3. The molecule has 0 saturated carbocycles. The minimum atomic E-state index is -0.321. The fourth-order valence-corrected chi connectivity index (χ4v) is 1.52. The Kier molecular flexibility index (Phi) is 4.83. The summed E-state index contributed by atoms with van der Waals surface area (Å²) >= 11 is 0. The summed E-state index contributed by atoms with van der Waals surface area (Å²) in [4.78, 5) is 11.8. The minimum Gasteiger partial charge on any atom is -0.496 e. The highest BCUT2D eigenvalue weighted by molar-refractivity contribution is 5.92. The van der Waals surface area contributed by atoms with Crippen LogP contribution in [0.3, 0.4) is 0 Å². The van der Waals surface area contributed by atoms with Gasteiger partial charge in [0.25, 0.3) is 0 Å². The van der Waals surface area contributed by atoms with E-state index in [0.717, 1.165) is 12.8 Å². The summed E-state index contributed by atoms with van der Waals surface area (Å²) in [7, 11) is 1.54. The minimum absolute atomic E-state index is 0.0533. The van der Waals surface area contributed by atoms with Gasteiger partial charge in [0.15, 0.2) is 0 Å². The van der Waals surface area contributed by atoms with Crippen LogP contribution in [0.25, 0.3) is 0 Å². The van der Waals surface area contributed by atoms with Crippen molar-refractivity contribution in [1.29, 1.82) is 0 Å². The van der Waals surface area contributed by atoms with Gasteiger partial charge in [0, 0.05) is 0 Å². The summed E-state index contributed by atoms with van der Waals surface area (Å²) in [6.45, 7) is 3.96. The number of carbonyl (C=O) groups excluding carboxylic acids is 1. The van der Waals surface area contributed by atoms with E-state index >= 15 is 0 Å². The van der Waals surface area contributed by atoms with Crippen molar-refractivity contribution in [2.75, 3.05) is 7.11 Å². The maximum Gasteiger partial charge on any atom is 0.342 e. The lowest BCUT2D eigenvalue weighted by Gasteiger charge is -2.13. The highest BCUT2D eigenvalue weighted by Gasteiger charge is 2.15. The predicted molar refractivity (Wildman–Crippen MR) is 62.8 cm³/mol. The van der Waals surface area contributed by atoms with Crippen LogP contribution in [-0.4, -0.2) is 19.2 Å². The van der Waals surface area contributed by atoms with Crippen molar-refractivity contribution in [1.82, 2.24) is 0 Å². The number of esters is 1. The molecule has 3 nitrogen and oxygen atoms in total.